The second kappa shape index (κ2) is 15.2. The van der Waals surface area contributed by atoms with Gasteiger partial charge in [-0.05, 0) is 87.5 Å². The maximum atomic E-state index is 10.4. The highest BCUT2D eigenvalue weighted by atomic mass is 16.3. The predicted octanol–water partition coefficient (Wildman–Crippen LogP) is 5.41. The van der Waals surface area contributed by atoms with Crippen LogP contribution in [0.2, 0.25) is 0 Å². The molecular weight excluding hydrogens is 420 g/mol. The first kappa shape index (κ1) is 25.8. The quantitative estimate of drug-likeness (QED) is 0.171. The monoisotopic (exact) mass is 460 g/mol. The van der Waals surface area contributed by atoms with Crippen LogP contribution < -0.4 is 10.6 Å². The molecule has 0 saturated heterocycles. The fourth-order valence-corrected chi connectivity index (χ4v) is 4.30. The van der Waals surface area contributed by atoms with E-state index in [-0.39, 0.29) is 11.5 Å². The van der Waals surface area contributed by atoms with Gasteiger partial charge in [-0.1, -0.05) is 79.6 Å². The first-order valence-electron chi connectivity index (χ1n) is 12.8. The van der Waals surface area contributed by atoms with Crippen LogP contribution in [0.15, 0.2) is 72.8 Å². The summed E-state index contributed by atoms with van der Waals surface area (Å²) in [5, 5.41) is 27.5. The highest BCUT2D eigenvalue weighted by molar-refractivity contribution is 5.49. The summed E-state index contributed by atoms with van der Waals surface area (Å²) in [5.41, 5.74) is 4.61. The SMILES string of the molecule is Oc1ccc(CCNCCCCCCNCCc2ccccc2)c(CCc2ccccc2)c1O. The topological polar surface area (TPSA) is 64.5 Å². The number of hydrogen-bond acceptors (Lipinski definition) is 4. The van der Waals surface area contributed by atoms with Gasteiger partial charge in [-0.25, -0.2) is 0 Å². The summed E-state index contributed by atoms with van der Waals surface area (Å²) in [6, 6.07) is 24.5. The number of benzene rings is 3. The van der Waals surface area contributed by atoms with Crippen molar-refractivity contribution in [2.45, 2.75) is 51.4 Å². The third-order valence-corrected chi connectivity index (χ3v) is 6.33. The van der Waals surface area contributed by atoms with Crippen LogP contribution in [0.3, 0.4) is 0 Å². The highest BCUT2D eigenvalue weighted by Crippen LogP contribution is 2.32. The van der Waals surface area contributed by atoms with Crippen molar-refractivity contribution in [3.05, 3.63) is 95.1 Å². The molecule has 34 heavy (non-hydrogen) atoms. The van der Waals surface area contributed by atoms with Crippen LogP contribution in [-0.4, -0.2) is 36.4 Å². The van der Waals surface area contributed by atoms with Crippen molar-refractivity contribution in [2.24, 2.45) is 0 Å². The molecule has 0 aliphatic rings. The molecule has 182 valence electrons. The number of rotatable bonds is 16. The molecule has 0 bridgehead atoms. The highest BCUT2D eigenvalue weighted by Gasteiger charge is 2.12. The zero-order valence-electron chi connectivity index (χ0n) is 20.3. The summed E-state index contributed by atoms with van der Waals surface area (Å²) in [6.45, 7) is 4.04. The third kappa shape index (κ3) is 9.20. The van der Waals surface area contributed by atoms with Crippen molar-refractivity contribution in [1.82, 2.24) is 10.6 Å². The molecule has 0 atom stereocenters. The Kier molecular flexibility index (Phi) is 11.5. The minimum absolute atomic E-state index is 0.0330. The van der Waals surface area contributed by atoms with E-state index in [1.54, 1.807) is 6.07 Å². The van der Waals surface area contributed by atoms with Gasteiger partial charge in [-0.2, -0.15) is 0 Å². The van der Waals surface area contributed by atoms with Crippen molar-refractivity contribution in [3.63, 3.8) is 0 Å². The Morgan fingerprint density at radius 3 is 1.68 bits per heavy atom. The Morgan fingerprint density at radius 2 is 1.06 bits per heavy atom. The lowest BCUT2D eigenvalue weighted by atomic mass is 9.96. The number of unbranched alkanes of at least 4 members (excludes halogenated alkanes) is 3. The van der Waals surface area contributed by atoms with Crippen LogP contribution in [0.5, 0.6) is 11.5 Å². The summed E-state index contributed by atoms with van der Waals surface area (Å²) in [6.07, 6.45) is 8.43. The normalized spacial score (nSPS) is 11.1. The number of phenols is 2. The molecule has 4 heteroatoms. The van der Waals surface area contributed by atoms with Crippen LogP contribution in [0.4, 0.5) is 0 Å². The molecule has 0 spiro atoms. The second-order valence-electron chi connectivity index (χ2n) is 8.96. The molecule has 3 aromatic carbocycles. The standard InChI is InChI=1S/C30H40N2O2/c33-29-18-16-27(28(30(29)34)17-15-25-11-5-3-6-12-25)20-24-32-22-10-2-1-9-21-31-23-19-26-13-7-4-8-14-26/h3-8,11-14,16,18,31-34H,1-2,9-10,15,17,19-24H2. The molecule has 0 aliphatic carbocycles. The van der Waals surface area contributed by atoms with Gasteiger partial charge in [-0.3, -0.25) is 0 Å². The smallest absolute Gasteiger partial charge is 0.160 e. The van der Waals surface area contributed by atoms with E-state index in [0.29, 0.717) is 0 Å². The van der Waals surface area contributed by atoms with E-state index in [9.17, 15) is 10.2 Å². The lowest BCUT2D eigenvalue weighted by molar-refractivity contribution is 0.398. The molecule has 0 heterocycles. The number of aromatic hydroxyl groups is 2. The van der Waals surface area contributed by atoms with Gasteiger partial charge in [0.05, 0.1) is 0 Å². The maximum Gasteiger partial charge on any atom is 0.160 e. The van der Waals surface area contributed by atoms with Gasteiger partial charge in [0, 0.05) is 5.56 Å². The Balaban J connectivity index is 1.25. The molecule has 0 amide bonds. The van der Waals surface area contributed by atoms with Crippen molar-refractivity contribution in [2.75, 3.05) is 26.2 Å². The van der Waals surface area contributed by atoms with Crippen molar-refractivity contribution in [1.29, 1.82) is 0 Å². The van der Waals surface area contributed by atoms with Crippen molar-refractivity contribution < 1.29 is 10.2 Å². The van der Waals surface area contributed by atoms with E-state index in [2.05, 4.69) is 53.1 Å². The van der Waals surface area contributed by atoms with E-state index in [4.69, 9.17) is 0 Å². The van der Waals surface area contributed by atoms with Crippen LogP contribution in [0.25, 0.3) is 0 Å². The first-order chi connectivity index (χ1) is 16.7. The van der Waals surface area contributed by atoms with E-state index < -0.39 is 0 Å². The minimum atomic E-state index is -0.0330. The fraction of sp³-hybridized carbons (Fsp3) is 0.400. The lowest BCUT2D eigenvalue weighted by Gasteiger charge is -2.13. The zero-order valence-corrected chi connectivity index (χ0v) is 20.3. The first-order valence-corrected chi connectivity index (χ1v) is 12.8. The van der Waals surface area contributed by atoms with E-state index >= 15 is 0 Å². The summed E-state index contributed by atoms with van der Waals surface area (Å²) in [7, 11) is 0. The largest absolute Gasteiger partial charge is 0.504 e. The lowest BCUT2D eigenvalue weighted by Crippen LogP contribution is -2.20. The second-order valence-corrected chi connectivity index (χ2v) is 8.96. The number of phenolic OH excluding ortho intramolecular Hbond substituents is 2. The fourth-order valence-electron chi connectivity index (χ4n) is 4.30. The molecule has 4 N–H and O–H groups in total. The molecular formula is C30H40N2O2. The van der Waals surface area contributed by atoms with Gasteiger partial charge in [0.15, 0.2) is 11.5 Å². The van der Waals surface area contributed by atoms with Crippen LogP contribution >= 0.6 is 0 Å². The molecule has 0 radical (unpaired) electrons. The third-order valence-electron chi connectivity index (χ3n) is 6.33. The Hall–Kier alpha value is -2.82. The van der Waals surface area contributed by atoms with Crippen molar-refractivity contribution >= 4 is 0 Å². The number of nitrogens with one attached hydrogen (secondary N) is 2. The Morgan fingerprint density at radius 1 is 0.500 bits per heavy atom. The molecule has 0 aliphatic heterocycles. The Labute approximate surface area is 205 Å². The number of hydrogen-bond donors (Lipinski definition) is 4. The van der Waals surface area contributed by atoms with Gasteiger partial charge >= 0.3 is 0 Å². The van der Waals surface area contributed by atoms with Crippen LogP contribution in [-0.2, 0) is 25.7 Å². The molecule has 3 aromatic rings. The molecule has 0 fully saturated rings. The van der Waals surface area contributed by atoms with E-state index in [0.717, 1.165) is 63.0 Å². The van der Waals surface area contributed by atoms with Gasteiger partial charge in [-0.15, -0.1) is 0 Å². The van der Waals surface area contributed by atoms with Gasteiger partial charge in [0.2, 0.25) is 0 Å². The molecule has 0 aromatic heterocycles. The molecule has 0 saturated carbocycles. The molecule has 3 rings (SSSR count). The summed E-state index contributed by atoms with van der Waals surface area (Å²) < 4.78 is 0. The average Bonchev–Trinajstić information content (AvgIpc) is 2.87. The van der Waals surface area contributed by atoms with Gasteiger partial charge in [0.25, 0.3) is 0 Å². The maximum absolute atomic E-state index is 10.4. The minimum Gasteiger partial charge on any atom is -0.504 e. The van der Waals surface area contributed by atoms with Crippen LogP contribution in [0.1, 0.15) is 47.9 Å². The summed E-state index contributed by atoms with van der Waals surface area (Å²) in [4.78, 5) is 0. The summed E-state index contributed by atoms with van der Waals surface area (Å²) >= 11 is 0. The summed E-state index contributed by atoms with van der Waals surface area (Å²) in [5.74, 6) is 0.000125. The Bertz CT molecular complexity index is 945. The molecule has 4 nitrogen and oxygen atoms in total. The van der Waals surface area contributed by atoms with Crippen molar-refractivity contribution in [3.8, 4) is 11.5 Å². The van der Waals surface area contributed by atoms with Gasteiger partial charge in [0.1, 0.15) is 0 Å². The number of aryl methyl sites for hydroxylation is 1. The van der Waals surface area contributed by atoms with Crippen LogP contribution in [0, 0.1) is 0 Å². The average molecular weight is 461 g/mol. The van der Waals surface area contributed by atoms with Gasteiger partial charge < -0.3 is 20.8 Å². The van der Waals surface area contributed by atoms with E-state index in [1.165, 1.54) is 36.8 Å². The molecule has 0 unspecified atom stereocenters. The zero-order chi connectivity index (χ0) is 23.8. The van der Waals surface area contributed by atoms with E-state index in [1.807, 2.05) is 24.3 Å². The predicted molar refractivity (Wildman–Crippen MR) is 142 cm³/mol.